The Hall–Kier alpha value is -2.80. The van der Waals surface area contributed by atoms with E-state index in [1.54, 1.807) is 19.2 Å². The fraction of sp³-hybridized carbons (Fsp3) is 0.167. The van der Waals surface area contributed by atoms with E-state index in [1.807, 2.05) is 36.4 Å². The number of hydrogen-bond donors (Lipinski definition) is 0. The van der Waals surface area contributed by atoms with Gasteiger partial charge in [0.25, 0.3) is 11.1 Å². The summed E-state index contributed by atoms with van der Waals surface area (Å²) in [7, 11) is 2.96. The van der Waals surface area contributed by atoms with Crippen molar-refractivity contribution in [3.05, 3.63) is 59.7 Å². The van der Waals surface area contributed by atoms with Crippen LogP contribution in [0.25, 0.3) is 11.5 Å². The first-order valence-electron chi connectivity index (χ1n) is 7.48. The van der Waals surface area contributed by atoms with Crippen LogP contribution in [0.4, 0.5) is 0 Å². The second-order valence-electron chi connectivity index (χ2n) is 5.05. The van der Waals surface area contributed by atoms with Gasteiger partial charge in [0.1, 0.15) is 5.75 Å². The predicted octanol–water partition coefficient (Wildman–Crippen LogP) is 3.82. The third-order valence-corrected chi connectivity index (χ3v) is 4.37. The molecule has 0 aliphatic heterocycles. The van der Waals surface area contributed by atoms with E-state index in [0.717, 1.165) is 11.1 Å². The van der Waals surface area contributed by atoms with Crippen LogP contribution >= 0.6 is 11.8 Å². The van der Waals surface area contributed by atoms with Crippen molar-refractivity contribution in [3.8, 4) is 17.2 Å². The van der Waals surface area contributed by atoms with Crippen molar-refractivity contribution in [2.75, 3.05) is 14.2 Å². The van der Waals surface area contributed by atoms with Crippen LogP contribution < -0.4 is 4.74 Å². The second-order valence-corrected chi connectivity index (χ2v) is 5.98. The van der Waals surface area contributed by atoms with Gasteiger partial charge in [0, 0.05) is 5.75 Å². The number of hydrogen-bond acceptors (Lipinski definition) is 7. The molecule has 3 rings (SSSR count). The molecule has 6 nitrogen and oxygen atoms in total. The molecule has 3 aromatic rings. The van der Waals surface area contributed by atoms with Gasteiger partial charge in [-0.2, -0.15) is 0 Å². The van der Waals surface area contributed by atoms with Gasteiger partial charge < -0.3 is 13.9 Å². The highest BCUT2D eigenvalue weighted by atomic mass is 32.2. The van der Waals surface area contributed by atoms with E-state index in [0.29, 0.717) is 28.2 Å². The Morgan fingerprint density at radius 3 is 2.56 bits per heavy atom. The number of rotatable bonds is 6. The number of thioether (sulfide) groups is 1. The Labute approximate surface area is 149 Å². The number of para-hydroxylation sites is 1. The molecule has 0 unspecified atom stereocenters. The van der Waals surface area contributed by atoms with E-state index in [2.05, 4.69) is 14.9 Å². The van der Waals surface area contributed by atoms with Crippen molar-refractivity contribution >= 4 is 17.7 Å². The van der Waals surface area contributed by atoms with Crippen molar-refractivity contribution in [1.82, 2.24) is 10.2 Å². The van der Waals surface area contributed by atoms with Crippen LogP contribution in [0.5, 0.6) is 5.75 Å². The third kappa shape index (κ3) is 4.00. The Morgan fingerprint density at radius 1 is 1.08 bits per heavy atom. The summed E-state index contributed by atoms with van der Waals surface area (Å²) in [6.45, 7) is 0. The third-order valence-electron chi connectivity index (χ3n) is 3.48. The molecular weight excluding hydrogens is 340 g/mol. The maximum absolute atomic E-state index is 11.4. The SMILES string of the molecule is COC(=O)c1ccc(CSc2nnc(-c3ccccc3OC)o2)cc1. The van der Waals surface area contributed by atoms with Crippen molar-refractivity contribution in [2.24, 2.45) is 0 Å². The summed E-state index contributed by atoms with van der Waals surface area (Å²) in [4.78, 5) is 11.4. The van der Waals surface area contributed by atoms with E-state index in [4.69, 9.17) is 9.15 Å². The van der Waals surface area contributed by atoms with E-state index in [-0.39, 0.29) is 5.97 Å². The molecule has 0 spiro atoms. The number of aromatic nitrogens is 2. The van der Waals surface area contributed by atoms with Crippen molar-refractivity contribution in [3.63, 3.8) is 0 Å². The summed E-state index contributed by atoms with van der Waals surface area (Å²) in [5.41, 5.74) is 2.31. The first-order valence-corrected chi connectivity index (χ1v) is 8.46. The van der Waals surface area contributed by atoms with Gasteiger partial charge in [0.15, 0.2) is 0 Å². The Bertz CT molecular complexity index is 862. The largest absolute Gasteiger partial charge is 0.496 e. The highest BCUT2D eigenvalue weighted by Gasteiger charge is 2.13. The molecule has 0 saturated heterocycles. The monoisotopic (exact) mass is 356 g/mol. The minimum absolute atomic E-state index is 0.349. The van der Waals surface area contributed by atoms with Gasteiger partial charge in [0.05, 0.1) is 25.3 Å². The number of carbonyl (C=O) groups excluding carboxylic acids is 1. The van der Waals surface area contributed by atoms with Gasteiger partial charge in [-0.1, -0.05) is 36.0 Å². The lowest BCUT2D eigenvalue weighted by Crippen LogP contribution is -2.00. The Kier molecular flexibility index (Phi) is 5.35. The first kappa shape index (κ1) is 17.0. The topological polar surface area (TPSA) is 74.5 Å². The summed E-state index contributed by atoms with van der Waals surface area (Å²) in [6.07, 6.45) is 0. The van der Waals surface area contributed by atoms with Gasteiger partial charge in [-0.05, 0) is 29.8 Å². The molecule has 1 heterocycles. The number of methoxy groups -OCH3 is 2. The zero-order valence-corrected chi connectivity index (χ0v) is 14.6. The molecule has 128 valence electrons. The van der Waals surface area contributed by atoms with E-state index in [9.17, 15) is 4.79 Å². The van der Waals surface area contributed by atoms with Crippen LogP contribution in [-0.4, -0.2) is 30.4 Å². The van der Waals surface area contributed by atoms with Crippen molar-refractivity contribution in [2.45, 2.75) is 11.0 Å². The van der Waals surface area contributed by atoms with Gasteiger partial charge in [-0.3, -0.25) is 0 Å². The number of carbonyl (C=O) groups is 1. The second kappa shape index (κ2) is 7.85. The summed E-state index contributed by atoms with van der Waals surface area (Å²) in [5, 5.41) is 8.61. The molecule has 7 heteroatoms. The fourth-order valence-corrected chi connectivity index (χ4v) is 2.92. The first-order chi connectivity index (χ1) is 12.2. The standard InChI is InChI=1S/C18H16N2O4S/c1-22-15-6-4-3-5-14(15)16-19-20-18(24-16)25-11-12-7-9-13(10-8-12)17(21)23-2/h3-10H,11H2,1-2H3. The van der Waals surface area contributed by atoms with Crippen LogP contribution in [-0.2, 0) is 10.5 Å². The number of ether oxygens (including phenoxy) is 2. The smallest absolute Gasteiger partial charge is 0.337 e. The van der Waals surface area contributed by atoms with E-state index >= 15 is 0 Å². The molecule has 0 radical (unpaired) electrons. The summed E-state index contributed by atoms with van der Waals surface area (Å²) >= 11 is 1.43. The van der Waals surface area contributed by atoms with Crippen LogP contribution in [0.15, 0.2) is 58.2 Å². The summed E-state index contributed by atoms with van der Waals surface area (Å²) < 4.78 is 15.7. The lowest BCUT2D eigenvalue weighted by atomic mass is 10.1. The lowest BCUT2D eigenvalue weighted by molar-refractivity contribution is 0.0600. The minimum atomic E-state index is -0.349. The molecule has 0 aliphatic rings. The molecule has 0 bridgehead atoms. The normalized spacial score (nSPS) is 10.5. The van der Waals surface area contributed by atoms with Gasteiger partial charge in [0.2, 0.25) is 0 Å². The molecular formula is C18H16N2O4S. The summed E-state index contributed by atoms with van der Waals surface area (Å²) in [6, 6.07) is 14.7. The molecule has 0 atom stereocenters. The van der Waals surface area contributed by atoms with Gasteiger partial charge in [-0.25, -0.2) is 4.79 Å². The molecule has 0 amide bonds. The Morgan fingerprint density at radius 2 is 1.84 bits per heavy atom. The zero-order chi connectivity index (χ0) is 17.6. The highest BCUT2D eigenvalue weighted by Crippen LogP contribution is 2.31. The predicted molar refractivity (Wildman–Crippen MR) is 93.6 cm³/mol. The van der Waals surface area contributed by atoms with E-state index in [1.165, 1.54) is 18.9 Å². The van der Waals surface area contributed by atoms with Crippen molar-refractivity contribution in [1.29, 1.82) is 0 Å². The summed E-state index contributed by atoms with van der Waals surface area (Å²) in [5.74, 6) is 1.40. The number of benzene rings is 2. The quantitative estimate of drug-likeness (QED) is 0.491. The van der Waals surface area contributed by atoms with Crippen LogP contribution in [0.1, 0.15) is 15.9 Å². The van der Waals surface area contributed by atoms with Crippen LogP contribution in [0.3, 0.4) is 0 Å². The molecule has 25 heavy (non-hydrogen) atoms. The average Bonchev–Trinajstić information content (AvgIpc) is 3.15. The van der Waals surface area contributed by atoms with Crippen LogP contribution in [0, 0.1) is 0 Å². The molecule has 0 N–H and O–H groups in total. The minimum Gasteiger partial charge on any atom is -0.496 e. The Balaban J connectivity index is 1.67. The molecule has 1 aromatic heterocycles. The lowest BCUT2D eigenvalue weighted by Gasteiger charge is -2.03. The average molecular weight is 356 g/mol. The maximum Gasteiger partial charge on any atom is 0.337 e. The zero-order valence-electron chi connectivity index (χ0n) is 13.8. The van der Waals surface area contributed by atoms with Gasteiger partial charge in [-0.15, -0.1) is 10.2 Å². The maximum atomic E-state index is 11.4. The fourth-order valence-electron chi connectivity index (χ4n) is 2.20. The van der Waals surface area contributed by atoms with Gasteiger partial charge >= 0.3 is 5.97 Å². The number of esters is 1. The van der Waals surface area contributed by atoms with Crippen molar-refractivity contribution < 1.29 is 18.7 Å². The molecule has 0 saturated carbocycles. The van der Waals surface area contributed by atoms with Crippen LogP contribution in [0.2, 0.25) is 0 Å². The van der Waals surface area contributed by atoms with E-state index < -0.39 is 0 Å². The highest BCUT2D eigenvalue weighted by molar-refractivity contribution is 7.98. The molecule has 0 aliphatic carbocycles. The molecule has 2 aromatic carbocycles. The number of nitrogens with zero attached hydrogens (tertiary/aromatic N) is 2. The molecule has 0 fully saturated rings.